The molecule has 0 fully saturated rings. The lowest BCUT2D eigenvalue weighted by Crippen LogP contribution is -2.19. The van der Waals surface area contributed by atoms with Crippen molar-refractivity contribution in [2.24, 2.45) is 0 Å². The summed E-state index contributed by atoms with van der Waals surface area (Å²) in [6.07, 6.45) is 20.1. The van der Waals surface area contributed by atoms with Gasteiger partial charge >= 0.3 is 0 Å². The summed E-state index contributed by atoms with van der Waals surface area (Å²) in [4.78, 5) is 0. The van der Waals surface area contributed by atoms with Crippen LogP contribution in [-0.2, 0) is 23.7 Å². The summed E-state index contributed by atoms with van der Waals surface area (Å²) in [6, 6.07) is 0. The van der Waals surface area contributed by atoms with Crippen molar-refractivity contribution in [1.82, 2.24) is 0 Å². The van der Waals surface area contributed by atoms with Crippen LogP contribution in [0.15, 0.2) is 0 Å². The van der Waals surface area contributed by atoms with Crippen molar-refractivity contribution in [3.63, 3.8) is 0 Å². The molecule has 0 rings (SSSR count). The average Bonchev–Trinajstić information content (AvgIpc) is 3.27. The quantitative estimate of drug-likeness (QED) is 0.0376. The van der Waals surface area contributed by atoms with Gasteiger partial charge in [-0.05, 0) is 32.1 Å². The van der Waals surface area contributed by atoms with Gasteiger partial charge in [0, 0.05) is 33.0 Å². The molecule has 0 radical (unpaired) electrons. The maximum atomic E-state index is 8.96. The zero-order chi connectivity index (χ0) is 46.2. The van der Waals surface area contributed by atoms with E-state index in [2.05, 4.69) is 34.6 Å². The Hall–Kier alpha value is -0.600. The van der Waals surface area contributed by atoms with Gasteiger partial charge in [-0.15, -0.1) is 0 Å². The molecule has 60 heavy (non-hydrogen) atoms. The third-order valence-electron chi connectivity index (χ3n) is 8.32. The van der Waals surface area contributed by atoms with Crippen molar-refractivity contribution in [2.45, 2.75) is 194 Å². The van der Waals surface area contributed by atoms with Gasteiger partial charge in [-0.2, -0.15) is 0 Å². The molecule has 5 unspecified atom stereocenters. The molecule has 0 aliphatic rings. The summed E-state index contributed by atoms with van der Waals surface area (Å²) in [5.41, 5.74) is 0. The van der Waals surface area contributed by atoms with E-state index in [9.17, 15) is 0 Å². The van der Waals surface area contributed by atoms with Gasteiger partial charge in [-0.1, -0.05) is 131 Å². The Morgan fingerprint density at radius 3 is 0.650 bits per heavy atom. The lowest BCUT2D eigenvalue weighted by Gasteiger charge is -2.07. The number of aliphatic hydroxyl groups is 10. The largest absolute Gasteiger partial charge is 0.394 e. The number of hydrogen-bond donors (Lipinski definition) is 10. The van der Waals surface area contributed by atoms with Crippen LogP contribution >= 0.6 is 0 Å². The highest BCUT2D eigenvalue weighted by molar-refractivity contribution is 4.52. The average molecular weight is 881 g/mol. The van der Waals surface area contributed by atoms with E-state index in [0.717, 1.165) is 44.9 Å². The molecule has 0 saturated carbocycles. The number of unbranched alkanes of at least 4 members (excludes halogenated alkanes) is 15. The molecule has 15 heteroatoms. The maximum absolute atomic E-state index is 8.96. The van der Waals surface area contributed by atoms with Crippen molar-refractivity contribution in [3.8, 4) is 0 Å². The molecule has 0 aromatic heterocycles. The fourth-order valence-electron chi connectivity index (χ4n) is 4.48. The minimum absolute atomic E-state index is 0.212. The van der Waals surface area contributed by atoms with Crippen LogP contribution in [0.1, 0.15) is 163 Å². The molecule has 370 valence electrons. The highest BCUT2D eigenvalue weighted by atomic mass is 16.5. The Balaban J connectivity index is -0.000000211. The monoisotopic (exact) mass is 881 g/mol. The summed E-state index contributed by atoms with van der Waals surface area (Å²) in [5, 5.41) is 86.6. The van der Waals surface area contributed by atoms with E-state index in [4.69, 9.17) is 74.7 Å². The molecule has 0 aromatic carbocycles. The molecule has 0 bridgehead atoms. The summed E-state index contributed by atoms with van der Waals surface area (Å²) < 4.78 is 25.6. The fraction of sp³-hybridized carbons (Fsp3) is 1.00. The second kappa shape index (κ2) is 65.0. The van der Waals surface area contributed by atoms with Crippen molar-refractivity contribution >= 4 is 0 Å². The van der Waals surface area contributed by atoms with Gasteiger partial charge in [-0.25, -0.2) is 0 Å². The predicted molar refractivity (Wildman–Crippen MR) is 240 cm³/mol. The first kappa shape index (κ1) is 68.5. The second-order valence-electron chi connectivity index (χ2n) is 14.9. The van der Waals surface area contributed by atoms with Crippen LogP contribution in [0.2, 0.25) is 0 Å². The van der Waals surface area contributed by atoms with Crippen LogP contribution in [0, 0.1) is 0 Å². The Labute approximate surface area is 366 Å². The van der Waals surface area contributed by atoms with Crippen molar-refractivity contribution in [2.75, 3.05) is 99.1 Å². The van der Waals surface area contributed by atoms with E-state index in [1.165, 1.54) is 83.5 Å². The highest BCUT2D eigenvalue weighted by Crippen LogP contribution is 2.05. The van der Waals surface area contributed by atoms with Crippen LogP contribution in [0.4, 0.5) is 0 Å². The Morgan fingerprint density at radius 1 is 0.250 bits per heavy atom. The summed E-state index contributed by atoms with van der Waals surface area (Å²) in [7, 11) is 0. The van der Waals surface area contributed by atoms with Gasteiger partial charge in [0.2, 0.25) is 0 Å². The summed E-state index contributed by atoms with van der Waals surface area (Å²) in [5.74, 6) is 0. The zero-order valence-corrected chi connectivity index (χ0v) is 39.1. The number of ether oxygens (including phenoxy) is 5. The van der Waals surface area contributed by atoms with Crippen molar-refractivity contribution in [3.05, 3.63) is 0 Å². The minimum Gasteiger partial charge on any atom is -0.394 e. The molecule has 15 nitrogen and oxygen atoms in total. The van der Waals surface area contributed by atoms with E-state index in [1.807, 2.05) is 0 Å². The SMILES string of the molecule is CCCCCCCCOCC(O)CO.CCCCCCCOCC(O)CO.CCCCCCOCC(O)CO.CCCCCOCC(O)CO.CCCCOCC(O)CO. The number of hydrogen-bond acceptors (Lipinski definition) is 15. The van der Waals surface area contributed by atoms with Crippen LogP contribution in [0.25, 0.3) is 0 Å². The molecular weight excluding hydrogens is 780 g/mol. The summed E-state index contributed by atoms with van der Waals surface area (Å²) >= 11 is 0. The molecule has 0 aliphatic heterocycles. The Morgan fingerprint density at radius 2 is 0.417 bits per heavy atom. The molecule has 0 aromatic rings. The lowest BCUT2D eigenvalue weighted by atomic mass is 10.1. The molecule has 0 saturated heterocycles. The van der Waals surface area contributed by atoms with Gasteiger partial charge in [-0.3, -0.25) is 0 Å². The normalized spacial score (nSPS) is 13.2. The second-order valence-corrected chi connectivity index (χ2v) is 14.9. The van der Waals surface area contributed by atoms with E-state index < -0.39 is 30.5 Å². The molecule has 10 N–H and O–H groups in total. The van der Waals surface area contributed by atoms with Gasteiger partial charge < -0.3 is 74.7 Å². The van der Waals surface area contributed by atoms with Gasteiger partial charge in [0.15, 0.2) is 0 Å². The number of rotatable bonds is 40. The lowest BCUT2D eigenvalue weighted by molar-refractivity contribution is 0.00526. The smallest absolute Gasteiger partial charge is 0.100 e. The Bertz CT molecular complexity index is 685. The van der Waals surface area contributed by atoms with E-state index in [-0.39, 0.29) is 66.1 Å². The summed E-state index contributed by atoms with van der Waals surface area (Å²) in [6.45, 7) is 14.4. The van der Waals surface area contributed by atoms with Crippen molar-refractivity contribution < 1.29 is 74.7 Å². The first-order chi connectivity index (χ1) is 29.0. The molecule has 5 atom stereocenters. The van der Waals surface area contributed by atoms with Crippen LogP contribution in [-0.4, -0.2) is 181 Å². The van der Waals surface area contributed by atoms with Crippen LogP contribution in [0.5, 0.6) is 0 Å². The number of aliphatic hydroxyl groups excluding tert-OH is 10. The van der Waals surface area contributed by atoms with Crippen molar-refractivity contribution in [1.29, 1.82) is 0 Å². The minimum atomic E-state index is -0.713. The maximum Gasteiger partial charge on any atom is 0.100 e. The van der Waals surface area contributed by atoms with Crippen LogP contribution in [0.3, 0.4) is 0 Å². The molecule has 0 aliphatic carbocycles. The first-order valence-electron chi connectivity index (χ1n) is 23.4. The zero-order valence-electron chi connectivity index (χ0n) is 39.1. The van der Waals surface area contributed by atoms with E-state index >= 15 is 0 Å². The fourth-order valence-corrected chi connectivity index (χ4v) is 4.48. The Kier molecular flexibility index (Phi) is 74.2. The predicted octanol–water partition coefficient (Wildman–Crippen LogP) is 4.68. The van der Waals surface area contributed by atoms with Gasteiger partial charge in [0.05, 0.1) is 66.1 Å². The highest BCUT2D eigenvalue weighted by Gasteiger charge is 2.03. The molecular formula is C45H100O15. The molecule has 0 spiro atoms. The molecule has 0 heterocycles. The van der Waals surface area contributed by atoms with Crippen LogP contribution < -0.4 is 0 Å². The van der Waals surface area contributed by atoms with E-state index in [1.54, 1.807) is 0 Å². The first-order valence-corrected chi connectivity index (χ1v) is 23.4. The van der Waals surface area contributed by atoms with E-state index in [0.29, 0.717) is 33.0 Å². The topological polar surface area (TPSA) is 248 Å². The molecule has 0 amide bonds. The third-order valence-corrected chi connectivity index (χ3v) is 8.32. The third kappa shape index (κ3) is 74.8. The van der Waals surface area contributed by atoms with Gasteiger partial charge in [0.1, 0.15) is 30.5 Å². The standard InChI is InChI=1S/C11H24O3.C10H22O3.C9H20O3.C8H18O3.C7H16O3/c1-2-3-4-5-6-7-8-14-10-11(13)9-12;1-2-3-4-5-6-7-13-9-10(12)8-11;1-2-3-4-5-6-12-8-9(11)7-10;1-2-3-4-5-11-7-8(10)6-9;1-2-3-4-10-6-7(9)5-8/h11-13H,2-10H2,1H3;10-12H,2-9H2,1H3;9-11H,2-8H2,1H3;8-10H,2-7H2,1H3;7-9H,2-6H2,1H3. The van der Waals surface area contributed by atoms with Gasteiger partial charge in [0.25, 0.3) is 0 Å².